The van der Waals surface area contributed by atoms with Gasteiger partial charge in [0, 0.05) is 18.7 Å². The first kappa shape index (κ1) is 20.0. The number of amides is 2. The van der Waals surface area contributed by atoms with Gasteiger partial charge in [-0.15, -0.1) is 0 Å². The second kappa shape index (κ2) is 8.23. The van der Waals surface area contributed by atoms with E-state index >= 15 is 0 Å². The first-order valence-corrected chi connectivity index (χ1v) is 9.75. The molecule has 156 valence electrons. The summed E-state index contributed by atoms with van der Waals surface area (Å²) in [6.07, 6.45) is 4.04. The number of nitrogens with two attached hydrogens (primary N) is 1. The van der Waals surface area contributed by atoms with Crippen LogP contribution in [-0.2, 0) is 22.7 Å². The minimum Gasteiger partial charge on any atom is -0.383 e. The third-order valence-electron chi connectivity index (χ3n) is 5.11. The van der Waals surface area contributed by atoms with Crippen LogP contribution in [0.1, 0.15) is 18.4 Å². The molecule has 2 amide bonds. The van der Waals surface area contributed by atoms with Crippen molar-refractivity contribution in [3.05, 3.63) is 47.1 Å². The van der Waals surface area contributed by atoms with Crippen LogP contribution in [0, 0.1) is 5.82 Å². The van der Waals surface area contributed by atoms with Crippen molar-refractivity contribution in [2.45, 2.75) is 32.0 Å². The molecule has 3 aromatic rings. The molecule has 1 aliphatic rings. The van der Waals surface area contributed by atoms with Gasteiger partial charge in [0.1, 0.15) is 30.5 Å². The predicted molar refractivity (Wildman–Crippen MR) is 108 cm³/mol. The molecule has 0 unspecified atom stereocenters. The predicted octanol–water partition coefficient (Wildman–Crippen LogP) is 1.51. The molecule has 9 nitrogen and oxygen atoms in total. The Hall–Kier alpha value is -3.27. The maximum absolute atomic E-state index is 14.0. The maximum atomic E-state index is 14.0. The van der Waals surface area contributed by atoms with Crippen LogP contribution in [0.5, 0.6) is 0 Å². The maximum Gasteiger partial charge on any atom is 0.245 e. The third-order valence-corrected chi connectivity index (χ3v) is 5.40. The number of hydrogen-bond acceptors (Lipinski definition) is 6. The number of anilines is 1. The second-order valence-electron chi connectivity index (χ2n) is 6.97. The molecule has 1 aromatic carbocycles. The van der Waals surface area contributed by atoms with Gasteiger partial charge in [0.05, 0.1) is 16.6 Å². The summed E-state index contributed by atoms with van der Waals surface area (Å²) in [5, 5.41) is 7.42. The molecule has 4 rings (SSSR count). The molecule has 3 N–H and O–H groups in total. The summed E-state index contributed by atoms with van der Waals surface area (Å²) < 4.78 is 15.5. The number of carbonyl (C=O) groups is 2. The molecule has 2 aromatic heterocycles. The fraction of sp³-hybridized carbons (Fsp3) is 0.316. The van der Waals surface area contributed by atoms with Crippen LogP contribution in [0.15, 0.2) is 30.7 Å². The van der Waals surface area contributed by atoms with E-state index in [1.54, 1.807) is 12.1 Å². The second-order valence-corrected chi connectivity index (χ2v) is 7.38. The fourth-order valence-corrected chi connectivity index (χ4v) is 3.76. The number of benzene rings is 1. The van der Waals surface area contributed by atoms with Crippen molar-refractivity contribution in [1.82, 2.24) is 30.0 Å². The molecule has 0 aliphatic carbocycles. The number of aromatic nitrogens is 4. The summed E-state index contributed by atoms with van der Waals surface area (Å²) in [6.45, 7) is 0.370. The van der Waals surface area contributed by atoms with Crippen LogP contribution >= 0.6 is 11.6 Å². The van der Waals surface area contributed by atoms with E-state index in [1.807, 2.05) is 0 Å². The van der Waals surface area contributed by atoms with Crippen molar-refractivity contribution in [2.24, 2.45) is 0 Å². The number of nitrogens with zero attached hydrogens (tertiary/aromatic N) is 5. The Morgan fingerprint density at radius 3 is 3.00 bits per heavy atom. The Labute approximate surface area is 176 Å². The summed E-state index contributed by atoms with van der Waals surface area (Å²) in [4.78, 5) is 35.1. The number of fused-ring (bicyclic) bond motifs is 1. The lowest BCUT2D eigenvalue weighted by molar-refractivity contribution is -0.139. The van der Waals surface area contributed by atoms with Gasteiger partial charge in [0.15, 0.2) is 5.65 Å². The summed E-state index contributed by atoms with van der Waals surface area (Å²) >= 11 is 5.77. The Morgan fingerprint density at radius 2 is 2.17 bits per heavy atom. The molecule has 0 spiro atoms. The zero-order chi connectivity index (χ0) is 21.3. The highest BCUT2D eigenvalue weighted by Crippen LogP contribution is 2.21. The smallest absolute Gasteiger partial charge is 0.245 e. The van der Waals surface area contributed by atoms with Gasteiger partial charge >= 0.3 is 0 Å². The highest BCUT2D eigenvalue weighted by molar-refractivity contribution is 6.30. The lowest BCUT2D eigenvalue weighted by atomic mass is 10.1. The molecule has 0 bridgehead atoms. The van der Waals surface area contributed by atoms with Crippen LogP contribution in [0.25, 0.3) is 11.0 Å². The van der Waals surface area contributed by atoms with Gasteiger partial charge in [-0.3, -0.25) is 9.59 Å². The fourth-order valence-electron chi connectivity index (χ4n) is 3.57. The molecule has 11 heteroatoms. The van der Waals surface area contributed by atoms with Crippen molar-refractivity contribution >= 4 is 40.3 Å². The van der Waals surface area contributed by atoms with Crippen molar-refractivity contribution < 1.29 is 14.0 Å². The minimum absolute atomic E-state index is 0.00434. The largest absolute Gasteiger partial charge is 0.383 e. The van der Waals surface area contributed by atoms with Crippen LogP contribution < -0.4 is 11.1 Å². The number of nitrogens with one attached hydrogen (secondary N) is 1. The quantitative estimate of drug-likeness (QED) is 0.632. The first-order valence-electron chi connectivity index (χ1n) is 9.37. The van der Waals surface area contributed by atoms with Crippen LogP contribution in [0.4, 0.5) is 10.2 Å². The standard InChI is InChI=1S/C19H19ClFN7O2/c20-13-4-1-3-11(16(13)21)7-23-19(30)14-5-2-6-27(14)15(29)9-28-18-12(8-26-28)17(22)24-10-25-18/h1,3-4,8,10,14H,2,5-7,9H2,(H,23,30)(H2,22,24,25)/t14-/m0/s1. The lowest BCUT2D eigenvalue weighted by Crippen LogP contribution is -2.46. The van der Waals surface area contributed by atoms with Crippen molar-refractivity contribution in [3.8, 4) is 0 Å². The van der Waals surface area contributed by atoms with E-state index in [-0.39, 0.29) is 41.3 Å². The van der Waals surface area contributed by atoms with Gasteiger partial charge in [-0.05, 0) is 18.9 Å². The van der Waals surface area contributed by atoms with Gasteiger partial charge in [-0.1, -0.05) is 23.7 Å². The Kier molecular flexibility index (Phi) is 5.49. The SMILES string of the molecule is Nc1ncnc2c1cnn2CC(=O)N1CCC[C@H]1C(=O)NCc1cccc(Cl)c1F. The van der Waals surface area contributed by atoms with Crippen molar-refractivity contribution in [2.75, 3.05) is 12.3 Å². The average molecular weight is 432 g/mol. The molecule has 1 fully saturated rings. The van der Waals surface area contributed by atoms with Crippen LogP contribution in [-0.4, -0.2) is 49.0 Å². The van der Waals surface area contributed by atoms with Crippen LogP contribution in [0.3, 0.4) is 0 Å². The molecular weight excluding hydrogens is 413 g/mol. The third kappa shape index (κ3) is 3.78. The normalized spacial score (nSPS) is 16.2. The highest BCUT2D eigenvalue weighted by Gasteiger charge is 2.34. The number of halogens is 2. The van der Waals surface area contributed by atoms with Gasteiger partial charge in [-0.2, -0.15) is 5.10 Å². The number of likely N-dealkylation sites (tertiary alicyclic amines) is 1. The Morgan fingerprint density at radius 1 is 1.33 bits per heavy atom. The minimum atomic E-state index is -0.624. The average Bonchev–Trinajstić information content (AvgIpc) is 3.37. The van der Waals surface area contributed by atoms with E-state index in [0.29, 0.717) is 30.4 Å². The van der Waals surface area contributed by atoms with E-state index in [0.717, 1.165) is 0 Å². The number of nitrogen functional groups attached to an aromatic ring is 1. The molecule has 1 saturated heterocycles. The van der Waals surface area contributed by atoms with E-state index in [2.05, 4.69) is 20.4 Å². The molecule has 3 heterocycles. The Balaban J connectivity index is 1.43. The number of rotatable bonds is 5. The van der Waals surface area contributed by atoms with Gasteiger partial charge in [-0.25, -0.2) is 19.0 Å². The van der Waals surface area contributed by atoms with E-state index in [4.69, 9.17) is 17.3 Å². The monoisotopic (exact) mass is 431 g/mol. The van der Waals surface area contributed by atoms with Crippen molar-refractivity contribution in [3.63, 3.8) is 0 Å². The first-order chi connectivity index (χ1) is 14.5. The molecule has 0 radical (unpaired) electrons. The van der Waals surface area contributed by atoms with Gasteiger partial charge in [0.25, 0.3) is 0 Å². The molecule has 1 atom stereocenters. The number of hydrogen-bond donors (Lipinski definition) is 2. The summed E-state index contributed by atoms with van der Waals surface area (Å²) in [7, 11) is 0. The van der Waals surface area contributed by atoms with E-state index in [9.17, 15) is 14.0 Å². The van der Waals surface area contributed by atoms with Gasteiger partial charge in [0.2, 0.25) is 11.8 Å². The molecule has 0 saturated carbocycles. The van der Waals surface area contributed by atoms with Crippen LogP contribution in [0.2, 0.25) is 5.02 Å². The highest BCUT2D eigenvalue weighted by atomic mass is 35.5. The zero-order valence-electron chi connectivity index (χ0n) is 15.9. The van der Waals surface area contributed by atoms with Gasteiger partial charge < -0.3 is 16.0 Å². The summed E-state index contributed by atoms with van der Waals surface area (Å²) in [6, 6.07) is 3.98. The van der Waals surface area contributed by atoms with E-state index < -0.39 is 11.9 Å². The molecule has 30 heavy (non-hydrogen) atoms. The van der Waals surface area contributed by atoms with Crippen molar-refractivity contribution in [1.29, 1.82) is 0 Å². The summed E-state index contributed by atoms with van der Waals surface area (Å²) in [5.74, 6) is -0.878. The summed E-state index contributed by atoms with van der Waals surface area (Å²) in [5.41, 5.74) is 6.53. The lowest BCUT2D eigenvalue weighted by Gasteiger charge is -2.24. The zero-order valence-corrected chi connectivity index (χ0v) is 16.6. The Bertz CT molecular complexity index is 1120. The number of carbonyl (C=O) groups excluding carboxylic acids is 2. The molecular formula is C19H19ClFN7O2. The molecule has 1 aliphatic heterocycles. The topological polar surface area (TPSA) is 119 Å². The van der Waals surface area contributed by atoms with E-state index in [1.165, 1.54) is 28.2 Å².